The van der Waals surface area contributed by atoms with Gasteiger partial charge in [-0.25, -0.2) is 9.90 Å². The first kappa shape index (κ1) is 9.23. The monoisotopic (exact) mass is 145 g/mol. The lowest BCUT2D eigenvalue weighted by Gasteiger charge is -2.07. The second kappa shape index (κ2) is 5.05. The van der Waals surface area contributed by atoms with E-state index in [2.05, 4.69) is 5.32 Å². The molecule has 0 saturated carbocycles. The van der Waals surface area contributed by atoms with Crippen LogP contribution >= 0.6 is 0 Å². The smallest absolute Gasteiger partial charge is 0.318 e. The van der Waals surface area contributed by atoms with Gasteiger partial charge in [-0.1, -0.05) is 0 Å². The lowest BCUT2D eigenvalue weighted by molar-refractivity contribution is 0.168. The Morgan fingerprint density at radius 1 is 1.50 bits per heavy atom. The highest BCUT2D eigenvalue weighted by Crippen LogP contribution is 1.79. The van der Waals surface area contributed by atoms with Gasteiger partial charge in [0.2, 0.25) is 0 Å². The molecule has 0 fully saturated rings. The van der Waals surface area contributed by atoms with Crippen LogP contribution in [0.4, 0.5) is 4.79 Å². The van der Waals surface area contributed by atoms with Gasteiger partial charge < -0.3 is 10.2 Å². The van der Waals surface area contributed by atoms with Crippen LogP contribution in [0.5, 0.6) is 0 Å². The van der Waals surface area contributed by atoms with E-state index in [1.165, 1.54) is 0 Å². The van der Waals surface area contributed by atoms with Crippen molar-refractivity contribution >= 4 is 6.09 Å². The Morgan fingerprint density at radius 3 is 2.50 bits per heavy atom. The van der Waals surface area contributed by atoms with E-state index < -0.39 is 6.09 Å². The maximum Gasteiger partial charge on any atom is 0.450 e. The molecule has 59 valence electrons. The van der Waals surface area contributed by atoms with E-state index in [1.807, 2.05) is 19.0 Å². The van der Waals surface area contributed by atoms with Gasteiger partial charge in [0.25, 0.3) is 0 Å². The van der Waals surface area contributed by atoms with E-state index in [1.54, 1.807) is 0 Å². The number of hydrogen-bond donors (Lipinski definition) is 1. The number of carbonyl (C=O) groups is 1. The molecule has 4 nitrogen and oxygen atoms in total. The lowest BCUT2D eigenvalue weighted by atomic mass is 10.4. The van der Waals surface area contributed by atoms with E-state index >= 15 is 0 Å². The van der Waals surface area contributed by atoms with Crippen LogP contribution in [0.1, 0.15) is 6.42 Å². The van der Waals surface area contributed by atoms with Crippen LogP contribution in [0.3, 0.4) is 0 Å². The summed E-state index contributed by atoms with van der Waals surface area (Å²) in [4.78, 5) is 11.8. The molecule has 4 heteroatoms. The average Bonchev–Trinajstić information content (AvgIpc) is 1.79. The van der Waals surface area contributed by atoms with E-state index in [0.29, 0.717) is 6.54 Å². The Balaban J connectivity index is 2.98. The van der Waals surface area contributed by atoms with Crippen molar-refractivity contribution in [3.63, 3.8) is 0 Å². The van der Waals surface area contributed by atoms with Crippen LogP contribution in [0.25, 0.3) is 0 Å². The van der Waals surface area contributed by atoms with Gasteiger partial charge in [-0.15, -0.1) is 0 Å². The fraction of sp³-hybridized carbons (Fsp3) is 0.833. The first-order valence-electron chi connectivity index (χ1n) is 3.22. The minimum absolute atomic E-state index is 0.473. The number of nitrogens with one attached hydrogen (secondary N) is 1. The van der Waals surface area contributed by atoms with Crippen molar-refractivity contribution in [1.29, 1.82) is 0 Å². The van der Waals surface area contributed by atoms with Crippen LogP contribution in [0, 0.1) is 0 Å². The van der Waals surface area contributed by atoms with Crippen molar-refractivity contribution < 1.29 is 9.90 Å². The Labute approximate surface area is 60.8 Å². The molecule has 0 spiro atoms. The zero-order chi connectivity index (χ0) is 7.98. The van der Waals surface area contributed by atoms with Crippen molar-refractivity contribution in [2.24, 2.45) is 0 Å². The Kier molecular flexibility index (Phi) is 4.66. The molecule has 0 rings (SSSR count). The van der Waals surface area contributed by atoms with Crippen molar-refractivity contribution in [2.45, 2.75) is 6.42 Å². The van der Waals surface area contributed by atoms with Gasteiger partial charge in [0.15, 0.2) is 0 Å². The summed E-state index contributed by atoms with van der Waals surface area (Å²) in [6.07, 6.45) is -0.375. The zero-order valence-corrected chi connectivity index (χ0v) is 6.39. The SMILES string of the molecule is CN(C)CCCNC([O])=O. The molecule has 0 aromatic rings. The highest BCUT2D eigenvalue weighted by molar-refractivity contribution is 5.63. The summed E-state index contributed by atoms with van der Waals surface area (Å²) in [6, 6.07) is 0. The summed E-state index contributed by atoms with van der Waals surface area (Å²) < 4.78 is 0. The molecule has 0 aliphatic carbocycles. The highest BCUT2D eigenvalue weighted by atomic mass is 16.4. The Hall–Kier alpha value is -0.770. The van der Waals surface area contributed by atoms with Crippen molar-refractivity contribution in [3.05, 3.63) is 0 Å². The fourth-order valence-corrected chi connectivity index (χ4v) is 0.586. The van der Waals surface area contributed by atoms with Crippen LogP contribution in [0.2, 0.25) is 0 Å². The molecule has 10 heavy (non-hydrogen) atoms. The van der Waals surface area contributed by atoms with Gasteiger partial charge in [-0.2, -0.15) is 0 Å². The van der Waals surface area contributed by atoms with E-state index in [9.17, 15) is 9.90 Å². The summed E-state index contributed by atoms with van der Waals surface area (Å²) in [6.45, 7) is 1.36. The van der Waals surface area contributed by atoms with E-state index in [0.717, 1.165) is 13.0 Å². The van der Waals surface area contributed by atoms with Crippen LogP contribution < -0.4 is 5.32 Å². The van der Waals surface area contributed by atoms with Crippen LogP contribution in [-0.2, 0) is 5.11 Å². The van der Waals surface area contributed by atoms with Gasteiger partial charge in [-0.3, -0.25) is 0 Å². The Bertz CT molecular complexity index is 104. The van der Waals surface area contributed by atoms with E-state index in [-0.39, 0.29) is 0 Å². The number of amides is 1. The molecule has 0 aliphatic rings. The minimum Gasteiger partial charge on any atom is -0.318 e. The molecule has 0 bridgehead atoms. The normalized spacial score (nSPS) is 9.90. The molecule has 0 saturated heterocycles. The summed E-state index contributed by atoms with van der Waals surface area (Å²) in [5, 5.41) is 12.0. The van der Waals surface area contributed by atoms with Crippen molar-refractivity contribution in [3.8, 4) is 0 Å². The molecule has 0 aromatic heterocycles. The minimum atomic E-state index is -1.20. The first-order chi connectivity index (χ1) is 4.63. The summed E-state index contributed by atoms with van der Waals surface area (Å²) in [5.41, 5.74) is 0. The molecular formula is C6H13N2O2. The summed E-state index contributed by atoms with van der Waals surface area (Å²) >= 11 is 0. The maximum atomic E-state index is 9.81. The molecule has 0 atom stereocenters. The number of carbonyl (C=O) groups excluding carboxylic acids is 1. The summed E-state index contributed by atoms with van der Waals surface area (Å²) in [5.74, 6) is 0. The maximum absolute atomic E-state index is 9.81. The number of hydrogen-bond acceptors (Lipinski definition) is 2. The van der Waals surface area contributed by atoms with Gasteiger partial charge >= 0.3 is 6.09 Å². The second-order valence-electron chi connectivity index (χ2n) is 2.37. The molecule has 1 N–H and O–H groups in total. The topological polar surface area (TPSA) is 52.2 Å². The zero-order valence-electron chi connectivity index (χ0n) is 6.39. The molecular weight excluding hydrogens is 132 g/mol. The third-order valence-electron chi connectivity index (χ3n) is 1.05. The third kappa shape index (κ3) is 7.23. The number of rotatable bonds is 4. The molecule has 1 radical (unpaired) electrons. The highest BCUT2D eigenvalue weighted by Gasteiger charge is 1.95. The third-order valence-corrected chi connectivity index (χ3v) is 1.05. The van der Waals surface area contributed by atoms with Gasteiger partial charge in [-0.05, 0) is 27.1 Å². The standard InChI is InChI=1S/C6H13N2O2/c1-8(2)5-3-4-7-6(9)10/h7H,3-5H2,1-2H3. The predicted octanol–water partition coefficient (Wildman–Crippen LogP) is 0.0782. The van der Waals surface area contributed by atoms with Gasteiger partial charge in [0.1, 0.15) is 0 Å². The predicted molar refractivity (Wildman–Crippen MR) is 37.3 cm³/mol. The Morgan fingerprint density at radius 2 is 2.10 bits per heavy atom. The van der Waals surface area contributed by atoms with Gasteiger partial charge in [0.05, 0.1) is 0 Å². The van der Waals surface area contributed by atoms with Crippen molar-refractivity contribution in [2.75, 3.05) is 27.2 Å². The number of nitrogens with zero attached hydrogens (tertiary/aromatic N) is 1. The molecule has 0 aromatic carbocycles. The molecule has 0 unspecified atom stereocenters. The lowest BCUT2D eigenvalue weighted by Crippen LogP contribution is -2.24. The van der Waals surface area contributed by atoms with Crippen molar-refractivity contribution in [1.82, 2.24) is 10.2 Å². The van der Waals surface area contributed by atoms with Crippen LogP contribution in [-0.4, -0.2) is 38.2 Å². The molecule has 1 amide bonds. The van der Waals surface area contributed by atoms with Gasteiger partial charge in [0, 0.05) is 6.54 Å². The largest absolute Gasteiger partial charge is 0.450 e. The molecule has 0 aliphatic heterocycles. The summed E-state index contributed by atoms with van der Waals surface area (Å²) in [7, 11) is 3.89. The molecule has 0 heterocycles. The fourth-order valence-electron chi connectivity index (χ4n) is 0.586. The average molecular weight is 145 g/mol. The quantitative estimate of drug-likeness (QED) is 0.569. The van der Waals surface area contributed by atoms with Crippen LogP contribution in [0.15, 0.2) is 0 Å². The van der Waals surface area contributed by atoms with E-state index in [4.69, 9.17) is 0 Å². The second-order valence-corrected chi connectivity index (χ2v) is 2.37. The first-order valence-corrected chi connectivity index (χ1v) is 3.22.